The first-order valence-corrected chi connectivity index (χ1v) is 6.81. The van der Waals surface area contributed by atoms with Crippen molar-refractivity contribution in [3.8, 4) is 0 Å². The number of hydrogen-bond acceptors (Lipinski definition) is 3. The average molecular weight is 226 g/mol. The highest BCUT2D eigenvalue weighted by molar-refractivity contribution is 4.93. The van der Waals surface area contributed by atoms with E-state index in [0.717, 1.165) is 38.5 Å². The van der Waals surface area contributed by atoms with Crippen LogP contribution in [-0.4, -0.2) is 31.3 Å². The van der Waals surface area contributed by atoms with Gasteiger partial charge in [-0.3, -0.25) is 0 Å². The summed E-state index contributed by atoms with van der Waals surface area (Å²) in [7, 11) is 0. The topological polar surface area (TPSA) is 47.3 Å². The molecule has 2 atom stereocenters. The van der Waals surface area contributed by atoms with Crippen molar-refractivity contribution in [2.24, 2.45) is 11.7 Å². The van der Waals surface area contributed by atoms with E-state index in [0.29, 0.717) is 6.10 Å². The fraction of sp³-hybridized carbons (Fsp3) is 1.00. The minimum absolute atomic E-state index is 0.154. The lowest BCUT2D eigenvalue weighted by atomic mass is 9.82. The van der Waals surface area contributed by atoms with Gasteiger partial charge in [0, 0.05) is 18.7 Å². The zero-order chi connectivity index (χ0) is 11.4. The van der Waals surface area contributed by atoms with Crippen molar-refractivity contribution >= 4 is 0 Å². The van der Waals surface area contributed by atoms with Gasteiger partial charge in [-0.1, -0.05) is 19.3 Å². The van der Waals surface area contributed by atoms with Gasteiger partial charge in [-0.25, -0.2) is 0 Å². The molecule has 0 aromatic carbocycles. The molecule has 0 radical (unpaired) electrons. The number of ether oxygens (including phenoxy) is 1. The van der Waals surface area contributed by atoms with Crippen molar-refractivity contribution in [3.05, 3.63) is 0 Å². The van der Waals surface area contributed by atoms with Crippen LogP contribution < -0.4 is 11.1 Å². The summed E-state index contributed by atoms with van der Waals surface area (Å²) in [5.74, 6) is 0.986. The molecule has 1 saturated carbocycles. The Morgan fingerprint density at radius 1 is 1.44 bits per heavy atom. The maximum absolute atomic E-state index is 5.95. The van der Waals surface area contributed by atoms with E-state index >= 15 is 0 Å². The van der Waals surface area contributed by atoms with E-state index < -0.39 is 0 Å². The fourth-order valence-corrected chi connectivity index (χ4v) is 2.91. The highest BCUT2D eigenvalue weighted by Gasteiger charge is 2.33. The summed E-state index contributed by atoms with van der Waals surface area (Å²) in [6, 6.07) is 0. The van der Waals surface area contributed by atoms with Crippen LogP contribution in [0, 0.1) is 5.92 Å². The van der Waals surface area contributed by atoms with Gasteiger partial charge in [0.05, 0.1) is 6.10 Å². The molecule has 16 heavy (non-hydrogen) atoms. The van der Waals surface area contributed by atoms with Crippen LogP contribution in [0.15, 0.2) is 0 Å². The van der Waals surface area contributed by atoms with Crippen LogP contribution in [0.25, 0.3) is 0 Å². The Balaban J connectivity index is 1.74. The lowest BCUT2D eigenvalue weighted by Gasteiger charge is -2.40. The lowest BCUT2D eigenvalue weighted by Crippen LogP contribution is -2.56. The third-order valence-corrected chi connectivity index (χ3v) is 4.33. The molecular formula is C13H26N2O. The third kappa shape index (κ3) is 2.96. The smallest absolute Gasteiger partial charge is 0.0565 e. The molecule has 3 N–H and O–H groups in total. The maximum Gasteiger partial charge on any atom is 0.0565 e. The van der Waals surface area contributed by atoms with Gasteiger partial charge < -0.3 is 15.8 Å². The summed E-state index contributed by atoms with van der Waals surface area (Å²) < 4.78 is 5.60. The fourth-order valence-electron chi connectivity index (χ4n) is 2.91. The van der Waals surface area contributed by atoms with E-state index in [-0.39, 0.29) is 5.54 Å². The molecule has 0 bridgehead atoms. The minimum Gasteiger partial charge on any atom is -0.378 e. The SMILES string of the molecule is CC1CC(CN)(NCCC2CCC2)CCO1. The number of rotatable bonds is 5. The molecule has 2 fully saturated rings. The van der Waals surface area contributed by atoms with E-state index in [1.165, 1.54) is 25.7 Å². The molecule has 0 aromatic rings. The van der Waals surface area contributed by atoms with Gasteiger partial charge in [-0.2, -0.15) is 0 Å². The normalized spacial score (nSPS) is 36.0. The van der Waals surface area contributed by atoms with E-state index in [2.05, 4.69) is 12.2 Å². The van der Waals surface area contributed by atoms with Crippen molar-refractivity contribution < 1.29 is 4.74 Å². The molecule has 0 spiro atoms. The van der Waals surface area contributed by atoms with Crippen LogP contribution in [0.4, 0.5) is 0 Å². The quantitative estimate of drug-likeness (QED) is 0.749. The monoisotopic (exact) mass is 226 g/mol. The van der Waals surface area contributed by atoms with Crippen molar-refractivity contribution in [1.82, 2.24) is 5.32 Å². The standard InChI is InChI=1S/C13H26N2O/c1-11-9-13(10-14,6-8-16-11)15-7-5-12-3-2-4-12/h11-12,15H,2-10,14H2,1H3. The van der Waals surface area contributed by atoms with Gasteiger partial charge in [0.2, 0.25) is 0 Å². The second-order valence-electron chi connectivity index (χ2n) is 5.63. The van der Waals surface area contributed by atoms with Crippen molar-refractivity contribution in [2.45, 2.75) is 57.1 Å². The van der Waals surface area contributed by atoms with Gasteiger partial charge in [0.15, 0.2) is 0 Å². The molecule has 1 heterocycles. The maximum atomic E-state index is 5.95. The van der Waals surface area contributed by atoms with Gasteiger partial charge >= 0.3 is 0 Å². The van der Waals surface area contributed by atoms with Gasteiger partial charge in [-0.15, -0.1) is 0 Å². The molecule has 94 valence electrons. The average Bonchev–Trinajstić information content (AvgIpc) is 2.22. The molecule has 0 amide bonds. The molecule has 1 saturated heterocycles. The molecule has 2 aliphatic rings. The molecule has 3 nitrogen and oxygen atoms in total. The zero-order valence-electron chi connectivity index (χ0n) is 10.5. The van der Waals surface area contributed by atoms with Gasteiger partial charge in [0.25, 0.3) is 0 Å². The van der Waals surface area contributed by atoms with Gasteiger partial charge in [0.1, 0.15) is 0 Å². The molecule has 1 aliphatic carbocycles. The number of nitrogens with two attached hydrogens (primary N) is 1. The Kier molecular flexibility index (Phi) is 4.22. The van der Waals surface area contributed by atoms with Gasteiger partial charge in [-0.05, 0) is 38.6 Å². The summed E-state index contributed by atoms with van der Waals surface area (Å²) >= 11 is 0. The Labute approximate surface area is 99.1 Å². The van der Waals surface area contributed by atoms with Crippen molar-refractivity contribution in [3.63, 3.8) is 0 Å². The van der Waals surface area contributed by atoms with Crippen LogP contribution in [0.3, 0.4) is 0 Å². The van der Waals surface area contributed by atoms with Crippen LogP contribution in [0.5, 0.6) is 0 Å². The van der Waals surface area contributed by atoms with Crippen LogP contribution in [-0.2, 0) is 4.74 Å². The van der Waals surface area contributed by atoms with Crippen molar-refractivity contribution in [2.75, 3.05) is 19.7 Å². The molecule has 0 aromatic heterocycles. The van der Waals surface area contributed by atoms with E-state index in [1.54, 1.807) is 0 Å². The minimum atomic E-state index is 0.154. The van der Waals surface area contributed by atoms with Crippen LogP contribution in [0.1, 0.15) is 45.4 Å². The lowest BCUT2D eigenvalue weighted by molar-refractivity contribution is -0.0166. The van der Waals surface area contributed by atoms with Crippen molar-refractivity contribution in [1.29, 1.82) is 0 Å². The molecule has 1 aliphatic heterocycles. The predicted molar refractivity (Wildman–Crippen MR) is 66.4 cm³/mol. The highest BCUT2D eigenvalue weighted by Crippen LogP contribution is 2.29. The third-order valence-electron chi connectivity index (χ3n) is 4.33. The Hall–Kier alpha value is -0.120. The first-order chi connectivity index (χ1) is 7.74. The molecule has 3 heteroatoms. The summed E-state index contributed by atoms with van der Waals surface area (Å²) in [6.07, 6.45) is 8.14. The summed E-state index contributed by atoms with van der Waals surface area (Å²) in [4.78, 5) is 0. The van der Waals surface area contributed by atoms with Crippen LogP contribution >= 0.6 is 0 Å². The largest absolute Gasteiger partial charge is 0.378 e. The Morgan fingerprint density at radius 2 is 2.25 bits per heavy atom. The van der Waals surface area contributed by atoms with E-state index in [1.807, 2.05) is 0 Å². The second kappa shape index (κ2) is 5.48. The number of hydrogen-bond donors (Lipinski definition) is 2. The second-order valence-corrected chi connectivity index (χ2v) is 5.63. The highest BCUT2D eigenvalue weighted by atomic mass is 16.5. The number of nitrogens with one attached hydrogen (secondary N) is 1. The summed E-state index contributed by atoms with van der Waals surface area (Å²) in [6.45, 7) is 4.88. The molecule has 2 unspecified atom stereocenters. The zero-order valence-corrected chi connectivity index (χ0v) is 10.5. The predicted octanol–water partition coefficient (Wildman–Crippen LogP) is 1.66. The summed E-state index contributed by atoms with van der Waals surface area (Å²) in [5.41, 5.74) is 6.10. The first-order valence-electron chi connectivity index (χ1n) is 6.81. The molecule has 2 rings (SSSR count). The summed E-state index contributed by atoms with van der Waals surface area (Å²) in [5, 5.41) is 3.71. The Bertz CT molecular complexity index is 218. The first kappa shape index (κ1) is 12.3. The van der Waals surface area contributed by atoms with Crippen LogP contribution in [0.2, 0.25) is 0 Å². The van der Waals surface area contributed by atoms with E-state index in [4.69, 9.17) is 10.5 Å². The molecular weight excluding hydrogens is 200 g/mol. The Morgan fingerprint density at radius 3 is 2.81 bits per heavy atom. The van der Waals surface area contributed by atoms with E-state index in [9.17, 15) is 0 Å².